The van der Waals surface area contributed by atoms with Gasteiger partial charge >= 0.3 is 6.18 Å². The number of carbonyl (C=O) groups excluding carboxylic acids is 3. The SMILES string of the molecule is CCNC(=O)C1[C@@H](C(C)C)CCN1C(=O)[C@H](CCCCC(C)CC(=O)NC)Nc1nccc(C(F)(F)F)n1. The first kappa shape index (κ1) is 31.3. The smallest absolute Gasteiger partial charge is 0.359 e. The Kier molecular flexibility index (Phi) is 11.8. The highest BCUT2D eigenvalue weighted by Crippen LogP contribution is 2.32. The van der Waals surface area contributed by atoms with E-state index in [1.54, 1.807) is 11.9 Å². The van der Waals surface area contributed by atoms with Crippen LogP contribution >= 0.6 is 0 Å². The van der Waals surface area contributed by atoms with E-state index in [0.29, 0.717) is 38.8 Å². The number of alkyl halides is 3. The van der Waals surface area contributed by atoms with E-state index in [9.17, 15) is 27.6 Å². The fourth-order valence-corrected chi connectivity index (χ4v) is 4.94. The van der Waals surface area contributed by atoms with E-state index in [-0.39, 0.29) is 41.4 Å². The number of nitrogens with one attached hydrogen (secondary N) is 3. The Labute approximate surface area is 222 Å². The van der Waals surface area contributed by atoms with Gasteiger partial charge < -0.3 is 20.9 Å². The number of unbranched alkanes of at least 4 members (excludes halogenated alkanes) is 1. The summed E-state index contributed by atoms with van der Waals surface area (Å²) in [6, 6.07) is -0.786. The van der Waals surface area contributed by atoms with Gasteiger partial charge in [-0.05, 0) is 43.6 Å². The molecule has 1 fully saturated rings. The zero-order valence-corrected chi connectivity index (χ0v) is 22.9. The Balaban J connectivity index is 2.23. The lowest BCUT2D eigenvalue weighted by molar-refractivity contribution is -0.141. The predicted octanol–water partition coefficient (Wildman–Crippen LogP) is 3.62. The highest BCUT2D eigenvalue weighted by Gasteiger charge is 2.44. The van der Waals surface area contributed by atoms with Gasteiger partial charge in [0, 0.05) is 32.8 Å². The van der Waals surface area contributed by atoms with Gasteiger partial charge in [-0.3, -0.25) is 14.4 Å². The molecular formula is C26H41F3N6O3. The third-order valence-corrected chi connectivity index (χ3v) is 7.00. The summed E-state index contributed by atoms with van der Waals surface area (Å²) in [4.78, 5) is 47.4. The van der Waals surface area contributed by atoms with Gasteiger partial charge in [-0.2, -0.15) is 13.2 Å². The molecule has 12 heteroatoms. The van der Waals surface area contributed by atoms with E-state index in [2.05, 4.69) is 25.9 Å². The molecule has 1 aromatic heterocycles. The summed E-state index contributed by atoms with van der Waals surface area (Å²) < 4.78 is 39.6. The molecule has 2 rings (SSSR count). The minimum atomic E-state index is -4.65. The molecule has 1 aliphatic rings. The summed E-state index contributed by atoms with van der Waals surface area (Å²) in [7, 11) is 1.59. The minimum absolute atomic E-state index is 0.0264. The highest BCUT2D eigenvalue weighted by molar-refractivity contribution is 5.91. The molecule has 9 nitrogen and oxygen atoms in total. The summed E-state index contributed by atoms with van der Waals surface area (Å²) in [6.07, 6.45) is -0.200. The van der Waals surface area contributed by atoms with Crippen LogP contribution in [0.5, 0.6) is 0 Å². The first-order valence-corrected chi connectivity index (χ1v) is 13.3. The minimum Gasteiger partial charge on any atom is -0.359 e. The van der Waals surface area contributed by atoms with Crippen LogP contribution in [0, 0.1) is 17.8 Å². The number of amides is 3. The molecule has 3 N–H and O–H groups in total. The number of carbonyl (C=O) groups is 3. The van der Waals surface area contributed by atoms with Crippen LogP contribution in [-0.2, 0) is 20.6 Å². The van der Waals surface area contributed by atoms with Crippen molar-refractivity contribution >= 4 is 23.7 Å². The molecule has 214 valence electrons. The lowest BCUT2D eigenvalue weighted by atomic mass is 9.88. The largest absolute Gasteiger partial charge is 0.433 e. The van der Waals surface area contributed by atoms with Crippen LogP contribution in [0.25, 0.3) is 0 Å². The highest BCUT2D eigenvalue weighted by atomic mass is 19.4. The molecule has 1 aromatic rings. The fourth-order valence-electron chi connectivity index (χ4n) is 4.94. The van der Waals surface area contributed by atoms with Crippen LogP contribution in [0.1, 0.15) is 71.9 Å². The Morgan fingerprint density at radius 1 is 1.16 bits per heavy atom. The van der Waals surface area contributed by atoms with Crippen LogP contribution in [-0.4, -0.2) is 64.8 Å². The van der Waals surface area contributed by atoms with Gasteiger partial charge in [-0.25, -0.2) is 9.97 Å². The molecule has 0 aromatic carbocycles. The summed E-state index contributed by atoms with van der Waals surface area (Å²) in [6.45, 7) is 8.61. The number of nitrogens with zero attached hydrogens (tertiary/aromatic N) is 3. The molecule has 4 atom stereocenters. The van der Waals surface area contributed by atoms with Crippen molar-refractivity contribution in [1.29, 1.82) is 0 Å². The topological polar surface area (TPSA) is 116 Å². The third-order valence-electron chi connectivity index (χ3n) is 7.00. The van der Waals surface area contributed by atoms with Crippen LogP contribution in [0.3, 0.4) is 0 Å². The zero-order chi connectivity index (χ0) is 28.5. The molecule has 3 amide bonds. The van der Waals surface area contributed by atoms with E-state index in [0.717, 1.165) is 25.1 Å². The normalized spacial score (nSPS) is 19.2. The van der Waals surface area contributed by atoms with Crippen LogP contribution in [0.4, 0.5) is 19.1 Å². The van der Waals surface area contributed by atoms with Gasteiger partial charge in [0.1, 0.15) is 17.8 Å². The van der Waals surface area contributed by atoms with Crippen molar-refractivity contribution in [1.82, 2.24) is 25.5 Å². The molecule has 1 saturated heterocycles. The Hall–Kier alpha value is -2.92. The maximum atomic E-state index is 13.8. The number of halogens is 3. The van der Waals surface area contributed by atoms with Gasteiger partial charge in [0.05, 0.1) is 0 Å². The third kappa shape index (κ3) is 8.83. The average molecular weight is 543 g/mol. The quantitative estimate of drug-likeness (QED) is 0.328. The maximum absolute atomic E-state index is 13.8. The van der Waals surface area contributed by atoms with Gasteiger partial charge in [0.15, 0.2) is 0 Å². The number of anilines is 1. The zero-order valence-electron chi connectivity index (χ0n) is 22.9. The van der Waals surface area contributed by atoms with E-state index in [4.69, 9.17) is 0 Å². The lowest BCUT2D eigenvalue weighted by Gasteiger charge is -2.32. The molecule has 2 unspecified atom stereocenters. The molecule has 0 spiro atoms. The fraction of sp³-hybridized carbons (Fsp3) is 0.731. The van der Waals surface area contributed by atoms with E-state index in [1.165, 1.54) is 0 Å². The van der Waals surface area contributed by atoms with Gasteiger partial charge in [-0.1, -0.05) is 40.0 Å². The molecule has 2 heterocycles. The first-order valence-electron chi connectivity index (χ1n) is 13.3. The molecule has 0 bridgehead atoms. The van der Waals surface area contributed by atoms with Crippen molar-refractivity contribution in [3.05, 3.63) is 18.0 Å². The molecule has 1 aliphatic heterocycles. The molecule has 38 heavy (non-hydrogen) atoms. The first-order chi connectivity index (χ1) is 17.9. The standard InChI is InChI=1S/C26H41F3N6O3/c1-6-31-23(37)22-18(16(2)3)12-14-35(22)24(38)19(10-8-7-9-17(4)15-21(36)30-5)33-25-32-13-11-20(34-25)26(27,28)29/h11,13,16-19,22H,6-10,12,14-15H2,1-5H3,(H,30,36)(H,31,37)(H,32,33,34)/t17?,18-,19+,22?/m1/s1. The van der Waals surface area contributed by atoms with Crippen LogP contribution in [0.15, 0.2) is 12.3 Å². The number of hydrogen-bond donors (Lipinski definition) is 3. The second kappa shape index (κ2) is 14.3. The summed E-state index contributed by atoms with van der Waals surface area (Å²) in [5, 5.41) is 8.24. The number of hydrogen-bond acceptors (Lipinski definition) is 6. The van der Waals surface area contributed by atoms with Crippen LogP contribution in [0.2, 0.25) is 0 Å². The number of likely N-dealkylation sites (tertiary alicyclic amines) is 1. The summed E-state index contributed by atoms with van der Waals surface area (Å²) in [5.74, 6) is -0.629. The number of aromatic nitrogens is 2. The molecule has 0 radical (unpaired) electrons. The van der Waals surface area contributed by atoms with E-state index in [1.807, 2.05) is 27.7 Å². The van der Waals surface area contributed by atoms with Crippen molar-refractivity contribution < 1.29 is 27.6 Å². The van der Waals surface area contributed by atoms with Gasteiger partial charge in [-0.15, -0.1) is 0 Å². The summed E-state index contributed by atoms with van der Waals surface area (Å²) >= 11 is 0. The number of likely N-dealkylation sites (N-methyl/N-ethyl adjacent to an activating group) is 1. The van der Waals surface area contributed by atoms with E-state index < -0.39 is 24.0 Å². The van der Waals surface area contributed by atoms with Gasteiger partial charge in [0.2, 0.25) is 23.7 Å². The molecule has 0 saturated carbocycles. The van der Waals surface area contributed by atoms with Crippen molar-refractivity contribution in [3.8, 4) is 0 Å². The maximum Gasteiger partial charge on any atom is 0.433 e. The summed E-state index contributed by atoms with van der Waals surface area (Å²) in [5.41, 5.74) is -1.11. The van der Waals surface area contributed by atoms with Crippen molar-refractivity contribution in [2.45, 2.75) is 84.5 Å². The molecule has 0 aliphatic carbocycles. The second-order valence-electron chi connectivity index (χ2n) is 10.3. The van der Waals surface area contributed by atoms with Crippen molar-refractivity contribution in [3.63, 3.8) is 0 Å². The average Bonchev–Trinajstić information content (AvgIpc) is 3.31. The molecular weight excluding hydrogens is 501 g/mol. The predicted molar refractivity (Wildman–Crippen MR) is 138 cm³/mol. The van der Waals surface area contributed by atoms with E-state index >= 15 is 0 Å². The number of rotatable bonds is 13. The Bertz CT molecular complexity index is 943. The monoisotopic (exact) mass is 542 g/mol. The Morgan fingerprint density at radius 3 is 2.45 bits per heavy atom. The van der Waals surface area contributed by atoms with Crippen LogP contribution < -0.4 is 16.0 Å². The second-order valence-corrected chi connectivity index (χ2v) is 10.3. The van der Waals surface area contributed by atoms with Crippen molar-refractivity contribution in [2.75, 3.05) is 25.5 Å². The van der Waals surface area contributed by atoms with Gasteiger partial charge in [0.25, 0.3) is 0 Å². The lowest BCUT2D eigenvalue weighted by Crippen LogP contribution is -2.53. The Morgan fingerprint density at radius 2 is 1.84 bits per heavy atom. The van der Waals surface area contributed by atoms with Crippen molar-refractivity contribution in [2.24, 2.45) is 17.8 Å².